The van der Waals surface area contributed by atoms with Crippen molar-refractivity contribution in [1.29, 1.82) is 0 Å². The number of amides is 1. The van der Waals surface area contributed by atoms with Crippen LogP contribution in [0.3, 0.4) is 0 Å². The highest BCUT2D eigenvalue weighted by molar-refractivity contribution is 5.82. The molecule has 0 radical (unpaired) electrons. The van der Waals surface area contributed by atoms with Gasteiger partial charge in [0.15, 0.2) is 0 Å². The van der Waals surface area contributed by atoms with Crippen LogP contribution in [0.1, 0.15) is 19.8 Å². The molecule has 0 saturated carbocycles. The van der Waals surface area contributed by atoms with Gasteiger partial charge in [-0.15, -0.1) is 0 Å². The number of carbonyl (C=O) groups excluding carboxylic acids is 1. The molecule has 1 saturated heterocycles. The van der Waals surface area contributed by atoms with E-state index in [1.54, 1.807) is 0 Å². The Kier molecular flexibility index (Phi) is 4.70. The Morgan fingerprint density at radius 3 is 2.44 bits per heavy atom. The molecule has 0 aromatic heterocycles. The Morgan fingerprint density at radius 1 is 1.44 bits per heavy atom. The maximum Gasteiger partial charge on any atom is 0.327 e. The number of piperidine rings is 1. The number of aliphatic hydroxyl groups excluding tert-OH is 1. The maximum absolute atomic E-state index is 10.9. The van der Waals surface area contributed by atoms with E-state index >= 15 is 0 Å². The number of nitrogens with zero attached hydrogens (tertiary/aromatic N) is 1. The Hall–Kier alpha value is -1.14. The van der Waals surface area contributed by atoms with Crippen LogP contribution in [0.4, 0.5) is 0 Å². The summed E-state index contributed by atoms with van der Waals surface area (Å²) in [5.41, 5.74) is 0. The molecule has 0 aromatic carbocycles. The number of hydrogen-bond donors (Lipinski definition) is 3. The van der Waals surface area contributed by atoms with Crippen LogP contribution >= 0.6 is 0 Å². The molecule has 92 valence electrons. The van der Waals surface area contributed by atoms with Gasteiger partial charge >= 0.3 is 5.97 Å². The summed E-state index contributed by atoms with van der Waals surface area (Å²) in [6.45, 7) is 2.94. The molecule has 6 heteroatoms. The standard InChI is InChI=1S/C10H18N2O4/c1-7(13)11-9(10(15)16)6-12-4-2-8(14)3-5-12/h8-9,14H,2-6H2,1H3,(H,11,13)(H,15,16). The van der Waals surface area contributed by atoms with E-state index in [1.165, 1.54) is 6.92 Å². The Bertz CT molecular complexity index is 262. The van der Waals surface area contributed by atoms with Gasteiger partial charge in [-0.2, -0.15) is 0 Å². The summed E-state index contributed by atoms with van der Waals surface area (Å²) in [4.78, 5) is 23.6. The monoisotopic (exact) mass is 230 g/mol. The lowest BCUT2D eigenvalue weighted by Gasteiger charge is -2.31. The first-order valence-corrected chi connectivity index (χ1v) is 5.39. The quantitative estimate of drug-likeness (QED) is 0.578. The fraction of sp³-hybridized carbons (Fsp3) is 0.800. The Balaban J connectivity index is 2.42. The van der Waals surface area contributed by atoms with E-state index in [0.717, 1.165) is 0 Å². The molecule has 1 unspecified atom stereocenters. The predicted molar refractivity (Wildman–Crippen MR) is 56.9 cm³/mol. The van der Waals surface area contributed by atoms with Gasteiger partial charge in [0.1, 0.15) is 6.04 Å². The molecule has 1 aliphatic heterocycles. The second-order valence-corrected chi connectivity index (χ2v) is 4.12. The van der Waals surface area contributed by atoms with Crippen molar-refractivity contribution in [3.63, 3.8) is 0 Å². The minimum Gasteiger partial charge on any atom is -0.480 e. The van der Waals surface area contributed by atoms with Crippen LogP contribution in [0.15, 0.2) is 0 Å². The van der Waals surface area contributed by atoms with E-state index in [9.17, 15) is 14.7 Å². The molecular weight excluding hydrogens is 212 g/mol. The number of hydrogen-bond acceptors (Lipinski definition) is 4. The first-order valence-electron chi connectivity index (χ1n) is 5.39. The summed E-state index contributed by atoms with van der Waals surface area (Å²) in [7, 11) is 0. The molecule has 0 aliphatic carbocycles. The van der Waals surface area contributed by atoms with Crippen molar-refractivity contribution in [1.82, 2.24) is 10.2 Å². The van der Waals surface area contributed by atoms with Gasteiger partial charge in [-0.25, -0.2) is 4.79 Å². The van der Waals surface area contributed by atoms with Crippen molar-refractivity contribution in [3.05, 3.63) is 0 Å². The number of rotatable bonds is 4. The lowest BCUT2D eigenvalue weighted by atomic mass is 10.1. The summed E-state index contributed by atoms with van der Waals surface area (Å²) in [5, 5.41) is 20.6. The normalized spacial score (nSPS) is 20.4. The van der Waals surface area contributed by atoms with Crippen LogP contribution in [0, 0.1) is 0 Å². The molecule has 1 fully saturated rings. The van der Waals surface area contributed by atoms with E-state index in [2.05, 4.69) is 5.32 Å². The molecule has 1 heterocycles. The van der Waals surface area contributed by atoms with Crippen LogP contribution < -0.4 is 5.32 Å². The molecule has 1 aliphatic rings. The van der Waals surface area contributed by atoms with Crippen LogP contribution in [-0.4, -0.2) is 58.8 Å². The van der Waals surface area contributed by atoms with Gasteiger partial charge in [-0.05, 0) is 12.8 Å². The van der Waals surface area contributed by atoms with Crippen molar-refractivity contribution < 1.29 is 19.8 Å². The first-order chi connectivity index (χ1) is 7.49. The van der Waals surface area contributed by atoms with E-state index in [-0.39, 0.29) is 12.0 Å². The summed E-state index contributed by atoms with van der Waals surface area (Å²) < 4.78 is 0. The lowest BCUT2D eigenvalue weighted by molar-refractivity contribution is -0.142. The number of carboxylic acid groups (broad SMARTS) is 1. The van der Waals surface area contributed by atoms with Gasteiger partial charge in [0, 0.05) is 26.6 Å². The topological polar surface area (TPSA) is 89.9 Å². The molecule has 1 rings (SSSR count). The van der Waals surface area contributed by atoms with Crippen molar-refractivity contribution >= 4 is 11.9 Å². The third kappa shape index (κ3) is 4.16. The molecule has 1 atom stereocenters. The molecule has 0 aromatic rings. The molecule has 0 bridgehead atoms. The molecule has 1 amide bonds. The second kappa shape index (κ2) is 5.81. The number of carbonyl (C=O) groups is 2. The van der Waals surface area contributed by atoms with Gasteiger partial charge in [0.25, 0.3) is 0 Å². The number of nitrogens with one attached hydrogen (secondary N) is 1. The van der Waals surface area contributed by atoms with Crippen molar-refractivity contribution in [3.8, 4) is 0 Å². The third-order valence-corrected chi connectivity index (χ3v) is 2.67. The SMILES string of the molecule is CC(=O)NC(CN1CCC(O)CC1)C(=O)O. The summed E-state index contributed by atoms with van der Waals surface area (Å²) in [6, 6.07) is -0.868. The van der Waals surface area contributed by atoms with Crippen molar-refractivity contribution in [2.45, 2.75) is 31.9 Å². The summed E-state index contributed by atoms with van der Waals surface area (Å²) >= 11 is 0. The van der Waals surface area contributed by atoms with E-state index < -0.39 is 12.0 Å². The minimum absolute atomic E-state index is 0.278. The number of aliphatic carboxylic acids is 1. The average Bonchev–Trinajstić information content (AvgIpc) is 2.19. The average molecular weight is 230 g/mol. The zero-order valence-corrected chi connectivity index (χ0v) is 9.35. The van der Waals surface area contributed by atoms with E-state index in [0.29, 0.717) is 32.5 Å². The third-order valence-electron chi connectivity index (χ3n) is 2.67. The minimum atomic E-state index is -1.03. The maximum atomic E-state index is 10.9. The predicted octanol–water partition coefficient (Wildman–Crippen LogP) is -0.968. The van der Waals surface area contributed by atoms with Crippen LogP contribution in [0.5, 0.6) is 0 Å². The highest BCUT2D eigenvalue weighted by Crippen LogP contribution is 2.10. The zero-order chi connectivity index (χ0) is 12.1. The highest BCUT2D eigenvalue weighted by Gasteiger charge is 2.24. The Labute approximate surface area is 94.2 Å². The van der Waals surface area contributed by atoms with E-state index in [1.807, 2.05) is 4.90 Å². The van der Waals surface area contributed by atoms with Crippen LogP contribution in [-0.2, 0) is 9.59 Å². The van der Waals surface area contributed by atoms with Gasteiger partial charge in [0.2, 0.25) is 5.91 Å². The second-order valence-electron chi connectivity index (χ2n) is 4.12. The molecule has 16 heavy (non-hydrogen) atoms. The Morgan fingerprint density at radius 2 is 2.00 bits per heavy atom. The molecule has 6 nitrogen and oxygen atoms in total. The number of carboxylic acids is 1. The fourth-order valence-corrected chi connectivity index (χ4v) is 1.79. The smallest absolute Gasteiger partial charge is 0.327 e. The van der Waals surface area contributed by atoms with Crippen molar-refractivity contribution in [2.75, 3.05) is 19.6 Å². The van der Waals surface area contributed by atoms with Gasteiger partial charge in [0.05, 0.1) is 6.10 Å². The first kappa shape index (κ1) is 12.9. The van der Waals surface area contributed by atoms with E-state index in [4.69, 9.17) is 5.11 Å². The van der Waals surface area contributed by atoms with Crippen molar-refractivity contribution in [2.24, 2.45) is 0 Å². The van der Waals surface area contributed by atoms with Crippen LogP contribution in [0.25, 0.3) is 0 Å². The molecule has 0 spiro atoms. The number of likely N-dealkylation sites (tertiary alicyclic amines) is 1. The van der Waals surface area contributed by atoms with Gasteiger partial charge in [-0.3, -0.25) is 4.79 Å². The summed E-state index contributed by atoms with van der Waals surface area (Å²) in [6.07, 6.45) is 1.04. The van der Waals surface area contributed by atoms with Gasteiger partial charge in [-0.1, -0.05) is 0 Å². The lowest BCUT2D eigenvalue weighted by Crippen LogP contribution is -2.50. The number of aliphatic hydroxyl groups is 1. The van der Waals surface area contributed by atoms with Crippen LogP contribution in [0.2, 0.25) is 0 Å². The zero-order valence-electron chi connectivity index (χ0n) is 9.35. The van der Waals surface area contributed by atoms with Gasteiger partial charge < -0.3 is 20.4 Å². The molecule has 3 N–H and O–H groups in total. The fourth-order valence-electron chi connectivity index (χ4n) is 1.79. The highest BCUT2D eigenvalue weighted by atomic mass is 16.4. The molecular formula is C10H18N2O4. The largest absolute Gasteiger partial charge is 0.480 e. The summed E-state index contributed by atoms with van der Waals surface area (Å²) in [5.74, 6) is -1.37.